The number of carbonyl (C=O) groups excluding carboxylic acids is 1. The molecule has 0 aromatic heterocycles. The van der Waals surface area contributed by atoms with Crippen LogP contribution < -0.4 is 0 Å². The first-order valence-electron chi connectivity index (χ1n) is 3.03. The predicted octanol–water partition coefficient (Wildman–Crippen LogP) is 0.404. The van der Waals surface area contributed by atoms with Gasteiger partial charge in [0.1, 0.15) is 12.5 Å². The summed E-state index contributed by atoms with van der Waals surface area (Å²) >= 11 is 0. The van der Waals surface area contributed by atoms with Crippen LogP contribution in [-0.2, 0) is 9.47 Å². The first-order valence-corrected chi connectivity index (χ1v) is 3.03. The molecule has 1 aliphatic rings. The summed E-state index contributed by atoms with van der Waals surface area (Å²) in [6, 6.07) is 0. The van der Waals surface area contributed by atoms with Crippen LogP contribution in [0.1, 0.15) is 0 Å². The molecule has 3 nitrogen and oxygen atoms in total. The highest BCUT2D eigenvalue weighted by atomic mass is 16.7. The average molecular weight is 150 g/mol. The molecule has 0 N–H and O–H groups in total. The molecule has 3 heteroatoms. The molecule has 1 rings (SSSR count). The van der Waals surface area contributed by atoms with E-state index in [1.807, 2.05) is 0 Å². The second-order valence-electron chi connectivity index (χ2n) is 2.04. The van der Waals surface area contributed by atoms with Crippen molar-refractivity contribution in [3.05, 3.63) is 0 Å². The zero-order chi connectivity index (χ0) is 8.27. The molecule has 0 aromatic rings. The van der Waals surface area contributed by atoms with Crippen LogP contribution in [0.5, 0.6) is 0 Å². The van der Waals surface area contributed by atoms with Crippen molar-refractivity contribution >= 4 is 6.16 Å². The number of rotatable bonds is 0. The summed E-state index contributed by atoms with van der Waals surface area (Å²) < 4.78 is 9.11. The van der Waals surface area contributed by atoms with Crippen LogP contribution in [0.25, 0.3) is 0 Å². The number of hydrogen-bond donors (Lipinski definition) is 0. The Balaban J connectivity index is 2.66. The second-order valence-corrected chi connectivity index (χ2v) is 2.04. The zero-order valence-corrected chi connectivity index (χ0v) is 5.74. The van der Waals surface area contributed by atoms with E-state index in [2.05, 4.69) is 21.3 Å². The van der Waals surface area contributed by atoms with Crippen LogP contribution in [-0.4, -0.2) is 18.9 Å². The second kappa shape index (κ2) is 2.98. The van der Waals surface area contributed by atoms with E-state index in [-0.39, 0.29) is 12.5 Å². The van der Waals surface area contributed by atoms with E-state index in [0.717, 1.165) is 0 Å². The summed E-state index contributed by atoms with van der Waals surface area (Å²) in [7, 11) is 0. The van der Waals surface area contributed by atoms with E-state index in [4.69, 9.17) is 12.8 Å². The van der Waals surface area contributed by atoms with E-state index in [1.165, 1.54) is 0 Å². The van der Waals surface area contributed by atoms with Crippen LogP contribution in [0, 0.1) is 30.6 Å². The highest BCUT2D eigenvalue weighted by molar-refractivity contribution is 5.61. The van der Waals surface area contributed by atoms with Gasteiger partial charge >= 0.3 is 6.16 Å². The van der Waals surface area contributed by atoms with E-state index in [1.54, 1.807) is 0 Å². The van der Waals surface area contributed by atoms with Gasteiger partial charge in [0, 0.05) is 0 Å². The van der Waals surface area contributed by atoms with Gasteiger partial charge in [0.15, 0.2) is 6.10 Å². The van der Waals surface area contributed by atoms with Crippen molar-refractivity contribution in [3.8, 4) is 24.7 Å². The van der Waals surface area contributed by atoms with Crippen LogP contribution in [0.4, 0.5) is 4.79 Å². The molecule has 0 aliphatic carbocycles. The maximum atomic E-state index is 10.5. The smallest absolute Gasteiger partial charge is 0.433 e. The first kappa shape index (κ1) is 7.50. The molecule has 1 aliphatic heterocycles. The maximum Gasteiger partial charge on any atom is 0.509 e. The van der Waals surface area contributed by atoms with E-state index in [9.17, 15) is 4.79 Å². The Kier molecular flexibility index (Phi) is 2.03. The molecule has 0 saturated carbocycles. The van der Waals surface area contributed by atoms with Gasteiger partial charge in [-0.1, -0.05) is 11.8 Å². The van der Waals surface area contributed by atoms with Gasteiger partial charge in [-0.3, -0.25) is 0 Å². The fourth-order valence-corrected chi connectivity index (χ4v) is 0.751. The van der Waals surface area contributed by atoms with Crippen LogP contribution in [0.2, 0.25) is 0 Å². The highest BCUT2D eigenvalue weighted by Gasteiger charge is 2.28. The molecule has 0 bridgehead atoms. The van der Waals surface area contributed by atoms with Gasteiger partial charge in [-0.15, -0.1) is 12.8 Å². The Morgan fingerprint density at radius 1 is 1.45 bits per heavy atom. The van der Waals surface area contributed by atoms with Crippen molar-refractivity contribution in [3.63, 3.8) is 0 Å². The van der Waals surface area contributed by atoms with Crippen molar-refractivity contribution in [1.82, 2.24) is 0 Å². The number of hydrogen-bond acceptors (Lipinski definition) is 3. The predicted molar refractivity (Wildman–Crippen MR) is 37.4 cm³/mol. The summed E-state index contributed by atoms with van der Waals surface area (Å²) in [5.74, 6) is 4.33. The summed E-state index contributed by atoms with van der Waals surface area (Å²) in [6.45, 7) is 0.143. The molecule has 11 heavy (non-hydrogen) atoms. The minimum absolute atomic E-state index is 0.143. The van der Waals surface area contributed by atoms with Crippen LogP contribution in [0.3, 0.4) is 0 Å². The van der Waals surface area contributed by atoms with Crippen molar-refractivity contribution in [1.29, 1.82) is 0 Å². The Labute approximate surface area is 64.7 Å². The minimum Gasteiger partial charge on any atom is -0.433 e. The molecule has 2 atom stereocenters. The third kappa shape index (κ3) is 1.45. The first-order chi connectivity index (χ1) is 5.27. The van der Waals surface area contributed by atoms with E-state index in [0.29, 0.717) is 0 Å². The Bertz CT molecular complexity index is 243. The summed E-state index contributed by atoms with van der Waals surface area (Å²) in [5.41, 5.74) is 0. The van der Waals surface area contributed by atoms with Gasteiger partial charge in [-0.05, 0) is 0 Å². The maximum absolute atomic E-state index is 10.5. The fourth-order valence-electron chi connectivity index (χ4n) is 0.751. The molecular weight excluding hydrogens is 144 g/mol. The van der Waals surface area contributed by atoms with Gasteiger partial charge in [-0.2, -0.15) is 0 Å². The van der Waals surface area contributed by atoms with E-state index < -0.39 is 12.3 Å². The molecule has 1 saturated heterocycles. The Morgan fingerprint density at radius 3 is 2.73 bits per heavy atom. The summed E-state index contributed by atoms with van der Waals surface area (Å²) in [6.07, 6.45) is 8.76. The van der Waals surface area contributed by atoms with Gasteiger partial charge in [0.25, 0.3) is 0 Å². The third-order valence-corrected chi connectivity index (χ3v) is 1.35. The summed E-state index contributed by atoms with van der Waals surface area (Å²) in [4.78, 5) is 10.5. The zero-order valence-electron chi connectivity index (χ0n) is 5.74. The van der Waals surface area contributed by atoms with Crippen LogP contribution >= 0.6 is 0 Å². The molecule has 0 radical (unpaired) electrons. The third-order valence-electron chi connectivity index (χ3n) is 1.35. The number of carbonyl (C=O) groups is 1. The molecule has 1 fully saturated rings. The number of cyclic esters (lactones) is 2. The quantitative estimate of drug-likeness (QED) is 0.370. The number of terminal acetylenes is 2. The van der Waals surface area contributed by atoms with Gasteiger partial charge in [-0.25, -0.2) is 4.79 Å². The Hall–Kier alpha value is -1.61. The fraction of sp³-hybridized carbons (Fsp3) is 0.375. The molecule has 0 amide bonds. The molecule has 1 heterocycles. The SMILES string of the molecule is C#CC1COC(=O)OC1C#C. The number of ether oxygens (including phenoxy) is 2. The minimum atomic E-state index is -0.751. The molecule has 0 spiro atoms. The van der Waals surface area contributed by atoms with Crippen molar-refractivity contribution in [2.45, 2.75) is 6.10 Å². The lowest BCUT2D eigenvalue weighted by Crippen LogP contribution is -2.34. The molecule has 0 aromatic carbocycles. The van der Waals surface area contributed by atoms with Crippen molar-refractivity contribution in [2.24, 2.45) is 5.92 Å². The van der Waals surface area contributed by atoms with Crippen LogP contribution in [0.15, 0.2) is 0 Å². The van der Waals surface area contributed by atoms with Gasteiger partial charge < -0.3 is 9.47 Å². The lowest BCUT2D eigenvalue weighted by atomic mass is 10.1. The lowest BCUT2D eigenvalue weighted by molar-refractivity contribution is -0.0217. The molecule has 56 valence electrons. The summed E-state index contributed by atoms with van der Waals surface area (Å²) in [5, 5.41) is 0. The lowest BCUT2D eigenvalue weighted by Gasteiger charge is -2.23. The van der Waals surface area contributed by atoms with E-state index >= 15 is 0 Å². The molecule has 2 unspecified atom stereocenters. The normalized spacial score (nSPS) is 29.1. The molecular formula is C8H6O3. The monoisotopic (exact) mass is 150 g/mol. The van der Waals surface area contributed by atoms with Gasteiger partial charge in [0.2, 0.25) is 0 Å². The highest BCUT2D eigenvalue weighted by Crippen LogP contribution is 2.13. The standard InChI is InChI=1S/C8H6O3/c1-3-6-5-10-8(9)11-7(6)4-2/h1-2,6-7H,5H2. The average Bonchev–Trinajstić information content (AvgIpc) is 2.04. The van der Waals surface area contributed by atoms with Crippen molar-refractivity contribution in [2.75, 3.05) is 6.61 Å². The largest absolute Gasteiger partial charge is 0.509 e. The Morgan fingerprint density at radius 2 is 2.18 bits per heavy atom. The van der Waals surface area contributed by atoms with Gasteiger partial charge in [0.05, 0.1) is 0 Å². The van der Waals surface area contributed by atoms with Crippen molar-refractivity contribution < 1.29 is 14.3 Å². The topological polar surface area (TPSA) is 35.5 Å².